The highest BCUT2D eigenvalue weighted by atomic mass is 32.2. The summed E-state index contributed by atoms with van der Waals surface area (Å²) in [4.78, 5) is 0. The molecule has 0 unspecified atom stereocenters. The van der Waals surface area contributed by atoms with Gasteiger partial charge in [0, 0.05) is 0 Å². The average molecular weight is 165 g/mol. The maximum absolute atomic E-state index is 11.5. The largest absolute Gasteiger partial charge is 0.317 e. The molecule has 0 fully saturated rings. The third-order valence-electron chi connectivity index (χ3n) is 1.19. The van der Waals surface area contributed by atoms with E-state index >= 15 is 0 Å². The lowest BCUT2D eigenvalue weighted by molar-refractivity contribution is 0.460. The van der Waals surface area contributed by atoms with Crippen molar-refractivity contribution in [2.45, 2.75) is 12.8 Å². The number of nitrogens with one attached hydrogen (secondary N) is 1. The van der Waals surface area contributed by atoms with E-state index in [2.05, 4.69) is 11.6 Å². The van der Waals surface area contributed by atoms with Gasteiger partial charge in [0.15, 0.2) is 0 Å². The Morgan fingerprint density at radius 3 is 2.60 bits per heavy atom. The lowest BCUT2D eigenvalue weighted by Gasteiger charge is -2.00. The second-order valence-electron chi connectivity index (χ2n) is 2.14. The second kappa shape index (κ2) is 9.24. The summed E-state index contributed by atoms with van der Waals surface area (Å²) >= 11 is 1.85. The highest BCUT2D eigenvalue weighted by Gasteiger charge is 1.86. The van der Waals surface area contributed by atoms with Crippen LogP contribution in [0.15, 0.2) is 0 Å². The number of halogens is 1. The molecule has 0 saturated carbocycles. The maximum atomic E-state index is 11.5. The predicted octanol–water partition coefficient (Wildman–Crippen LogP) is 1.69. The molecule has 0 aliphatic carbocycles. The third kappa shape index (κ3) is 8.24. The van der Waals surface area contributed by atoms with Gasteiger partial charge >= 0.3 is 0 Å². The molecule has 0 aliphatic rings. The fourth-order valence-electron chi connectivity index (χ4n) is 0.658. The SMILES string of the molecule is CSCCCNCCCF. The summed E-state index contributed by atoms with van der Waals surface area (Å²) in [6, 6.07) is 0. The molecule has 0 heterocycles. The molecule has 0 atom stereocenters. The first-order chi connectivity index (χ1) is 4.91. The van der Waals surface area contributed by atoms with E-state index in [1.807, 2.05) is 11.8 Å². The van der Waals surface area contributed by atoms with Gasteiger partial charge in [0.1, 0.15) is 0 Å². The molecule has 1 nitrogen and oxygen atoms in total. The van der Waals surface area contributed by atoms with E-state index in [0.29, 0.717) is 6.42 Å². The van der Waals surface area contributed by atoms with Crippen LogP contribution in [0.25, 0.3) is 0 Å². The van der Waals surface area contributed by atoms with Crippen LogP contribution in [-0.4, -0.2) is 31.8 Å². The van der Waals surface area contributed by atoms with Crippen LogP contribution < -0.4 is 5.32 Å². The summed E-state index contributed by atoms with van der Waals surface area (Å²) in [7, 11) is 0. The minimum absolute atomic E-state index is 0.199. The van der Waals surface area contributed by atoms with Crippen LogP contribution in [0.5, 0.6) is 0 Å². The second-order valence-corrected chi connectivity index (χ2v) is 3.12. The van der Waals surface area contributed by atoms with Gasteiger partial charge in [-0.05, 0) is 37.9 Å². The molecule has 0 aromatic carbocycles. The van der Waals surface area contributed by atoms with Crippen molar-refractivity contribution in [2.75, 3.05) is 31.8 Å². The van der Waals surface area contributed by atoms with Gasteiger partial charge in [0.2, 0.25) is 0 Å². The van der Waals surface area contributed by atoms with E-state index in [0.717, 1.165) is 13.1 Å². The van der Waals surface area contributed by atoms with Crippen LogP contribution in [0.1, 0.15) is 12.8 Å². The molecule has 1 N–H and O–H groups in total. The van der Waals surface area contributed by atoms with Gasteiger partial charge in [0.25, 0.3) is 0 Å². The molecule has 0 radical (unpaired) electrons. The van der Waals surface area contributed by atoms with E-state index in [-0.39, 0.29) is 6.67 Å². The van der Waals surface area contributed by atoms with Crippen LogP contribution in [0, 0.1) is 0 Å². The summed E-state index contributed by atoms with van der Waals surface area (Å²) < 4.78 is 11.5. The van der Waals surface area contributed by atoms with Crippen molar-refractivity contribution in [1.29, 1.82) is 0 Å². The molecular weight excluding hydrogens is 149 g/mol. The summed E-state index contributed by atoms with van der Waals surface area (Å²) in [5, 5.41) is 3.17. The quantitative estimate of drug-likeness (QED) is 0.576. The number of rotatable bonds is 7. The van der Waals surface area contributed by atoms with Gasteiger partial charge in [-0.3, -0.25) is 4.39 Å². The van der Waals surface area contributed by atoms with Crippen molar-refractivity contribution >= 4 is 11.8 Å². The predicted molar refractivity (Wildman–Crippen MR) is 46.5 cm³/mol. The first-order valence-corrected chi connectivity index (χ1v) is 5.07. The van der Waals surface area contributed by atoms with Gasteiger partial charge in [-0.15, -0.1) is 0 Å². The third-order valence-corrected chi connectivity index (χ3v) is 1.89. The molecule has 0 saturated heterocycles. The molecule has 0 aromatic rings. The van der Waals surface area contributed by atoms with E-state index < -0.39 is 0 Å². The monoisotopic (exact) mass is 165 g/mol. The van der Waals surface area contributed by atoms with Gasteiger partial charge in [-0.1, -0.05) is 0 Å². The highest BCUT2D eigenvalue weighted by molar-refractivity contribution is 7.98. The Morgan fingerprint density at radius 1 is 1.30 bits per heavy atom. The summed E-state index contributed by atoms with van der Waals surface area (Å²) in [6.45, 7) is 1.65. The molecule has 0 aromatic heterocycles. The zero-order valence-electron chi connectivity index (χ0n) is 6.53. The van der Waals surface area contributed by atoms with Crippen molar-refractivity contribution < 1.29 is 4.39 Å². The lowest BCUT2D eigenvalue weighted by Crippen LogP contribution is -2.17. The molecular formula is C7H16FNS. The van der Waals surface area contributed by atoms with Crippen molar-refractivity contribution in [2.24, 2.45) is 0 Å². The van der Waals surface area contributed by atoms with Gasteiger partial charge in [0.05, 0.1) is 6.67 Å². The Kier molecular flexibility index (Phi) is 9.46. The van der Waals surface area contributed by atoms with Crippen LogP contribution in [-0.2, 0) is 0 Å². The molecule has 0 rings (SSSR count). The lowest BCUT2D eigenvalue weighted by atomic mass is 10.4. The first-order valence-electron chi connectivity index (χ1n) is 3.67. The molecule has 0 bridgehead atoms. The van der Waals surface area contributed by atoms with E-state index in [1.54, 1.807) is 0 Å². The molecule has 0 aliphatic heterocycles. The number of hydrogen-bond acceptors (Lipinski definition) is 2. The molecule has 62 valence electrons. The highest BCUT2D eigenvalue weighted by Crippen LogP contribution is 1.92. The zero-order valence-corrected chi connectivity index (χ0v) is 7.35. The van der Waals surface area contributed by atoms with Crippen molar-refractivity contribution in [1.82, 2.24) is 5.32 Å². The number of hydrogen-bond donors (Lipinski definition) is 1. The number of thioether (sulfide) groups is 1. The topological polar surface area (TPSA) is 12.0 Å². The van der Waals surface area contributed by atoms with Crippen LogP contribution >= 0.6 is 11.8 Å². The Labute approximate surface area is 66.8 Å². The van der Waals surface area contributed by atoms with E-state index in [4.69, 9.17) is 0 Å². The number of alkyl halides is 1. The van der Waals surface area contributed by atoms with Gasteiger partial charge < -0.3 is 5.32 Å². The van der Waals surface area contributed by atoms with E-state index in [1.165, 1.54) is 12.2 Å². The Balaban J connectivity index is 2.65. The minimum Gasteiger partial charge on any atom is -0.317 e. The van der Waals surface area contributed by atoms with Crippen molar-refractivity contribution in [3.8, 4) is 0 Å². The Hall–Kier alpha value is 0.240. The van der Waals surface area contributed by atoms with Gasteiger partial charge in [-0.25, -0.2) is 0 Å². The Bertz CT molecular complexity index is 53.6. The smallest absolute Gasteiger partial charge is 0.0906 e. The summed E-state index contributed by atoms with van der Waals surface area (Å²) in [5.41, 5.74) is 0. The molecule has 3 heteroatoms. The fourth-order valence-corrected chi connectivity index (χ4v) is 1.09. The average Bonchev–Trinajstić information content (AvgIpc) is 1.97. The maximum Gasteiger partial charge on any atom is 0.0906 e. The molecule has 0 amide bonds. The van der Waals surface area contributed by atoms with Crippen LogP contribution in [0.2, 0.25) is 0 Å². The first kappa shape index (κ1) is 10.2. The molecule has 0 spiro atoms. The van der Waals surface area contributed by atoms with Crippen LogP contribution in [0.4, 0.5) is 4.39 Å². The summed E-state index contributed by atoms with van der Waals surface area (Å²) in [5.74, 6) is 1.20. The standard InChI is InChI=1S/C7H16FNS/c1-10-7-3-6-9-5-2-4-8/h9H,2-7H2,1H3. The van der Waals surface area contributed by atoms with Gasteiger partial charge in [-0.2, -0.15) is 11.8 Å². The zero-order chi connectivity index (χ0) is 7.66. The summed E-state index contributed by atoms with van der Waals surface area (Å²) in [6.07, 6.45) is 3.94. The van der Waals surface area contributed by atoms with Crippen LogP contribution in [0.3, 0.4) is 0 Å². The Morgan fingerprint density at radius 2 is 2.00 bits per heavy atom. The van der Waals surface area contributed by atoms with E-state index in [9.17, 15) is 4.39 Å². The molecule has 10 heavy (non-hydrogen) atoms. The van der Waals surface area contributed by atoms with Crippen molar-refractivity contribution in [3.05, 3.63) is 0 Å². The van der Waals surface area contributed by atoms with Crippen molar-refractivity contribution in [3.63, 3.8) is 0 Å². The minimum atomic E-state index is -0.199. The normalized spacial score (nSPS) is 10.2. The fraction of sp³-hybridized carbons (Fsp3) is 1.00.